The molecule has 0 atom stereocenters. The lowest BCUT2D eigenvalue weighted by molar-refractivity contribution is 0.0730. The zero-order valence-corrected chi connectivity index (χ0v) is 14.9. The molecule has 6 heteroatoms. The Kier molecular flexibility index (Phi) is 3.28. The average Bonchev–Trinajstić information content (AvgIpc) is 3.25. The number of amides is 1. The summed E-state index contributed by atoms with van der Waals surface area (Å²) in [6.07, 6.45) is 0.814. The Morgan fingerprint density at radius 1 is 1.16 bits per heavy atom. The van der Waals surface area contributed by atoms with E-state index in [9.17, 15) is 4.79 Å². The van der Waals surface area contributed by atoms with E-state index in [-0.39, 0.29) is 12.7 Å². The standard InChI is InChI=1S/C19H15BrN2O3/c20-14-5-1-3-11-13-9-22(8-7-15(13)21-17(11)14)19(23)12-4-2-6-16-18(12)25-10-24-16/h1-6,21H,7-10H2. The van der Waals surface area contributed by atoms with Gasteiger partial charge < -0.3 is 19.4 Å². The van der Waals surface area contributed by atoms with Gasteiger partial charge in [0.25, 0.3) is 5.91 Å². The normalized spacial score (nSPS) is 15.5. The molecule has 1 aromatic heterocycles. The molecule has 0 spiro atoms. The van der Waals surface area contributed by atoms with Crippen molar-refractivity contribution < 1.29 is 14.3 Å². The highest BCUT2D eigenvalue weighted by molar-refractivity contribution is 9.10. The molecular weight excluding hydrogens is 384 g/mol. The van der Waals surface area contributed by atoms with Crippen LogP contribution in [0, 0.1) is 0 Å². The number of halogens is 1. The Hall–Kier alpha value is -2.47. The molecule has 0 saturated heterocycles. The van der Waals surface area contributed by atoms with Crippen LogP contribution in [0.15, 0.2) is 40.9 Å². The maximum absolute atomic E-state index is 13.1. The third-order valence-electron chi connectivity index (χ3n) is 4.87. The van der Waals surface area contributed by atoms with Gasteiger partial charge in [0.2, 0.25) is 6.79 Å². The first-order valence-corrected chi connectivity index (χ1v) is 8.97. The maximum atomic E-state index is 13.1. The van der Waals surface area contributed by atoms with Crippen molar-refractivity contribution >= 4 is 32.7 Å². The summed E-state index contributed by atoms with van der Waals surface area (Å²) in [4.78, 5) is 18.4. The van der Waals surface area contributed by atoms with Crippen LogP contribution in [0.5, 0.6) is 11.5 Å². The smallest absolute Gasteiger partial charge is 0.258 e. The quantitative estimate of drug-likeness (QED) is 0.676. The molecule has 126 valence electrons. The molecule has 5 nitrogen and oxygen atoms in total. The first-order valence-electron chi connectivity index (χ1n) is 8.18. The lowest BCUT2D eigenvalue weighted by Gasteiger charge is -2.27. The van der Waals surface area contributed by atoms with Crippen molar-refractivity contribution in [3.8, 4) is 11.5 Å². The third-order valence-corrected chi connectivity index (χ3v) is 5.53. The number of aromatic nitrogens is 1. The van der Waals surface area contributed by atoms with Crippen molar-refractivity contribution in [3.05, 3.63) is 57.7 Å². The number of hydrogen-bond acceptors (Lipinski definition) is 3. The van der Waals surface area contributed by atoms with Crippen LogP contribution < -0.4 is 9.47 Å². The number of aromatic amines is 1. The van der Waals surface area contributed by atoms with Gasteiger partial charge in [-0.2, -0.15) is 0 Å². The fourth-order valence-corrected chi connectivity index (χ4v) is 4.11. The number of benzene rings is 2. The fraction of sp³-hybridized carbons (Fsp3) is 0.211. The Morgan fingerprint density at radius 2 is 2.04 bits per heavy atom. The van der Waals surface area contributed by atoms with E-state index in [4.69, 9.17) is 9.47 Å². The SMILES string of the molecule is O=C(c1cccc2c1OCO2)N1CCc2[nH]c3c(Br)cccc3c2C1. The van der Waals surface area contributed by atoms with E-state index in [1.807, 2.05) is 29.2 Å². The molecule has 5 rings (SSSR count). The number of rotatable bonds is 1. The van der Waals surface area contributed by atoms with E-state index in [1.165, 1.54) is 16.6 Å². The number of carbonyl (C=O) groups is 1. The molecule has 2 aliphatic heterocycles. The maximum Gasteiger partial charge on any atom is 0.258 e. The first kappa shape index (κ1) is 14.8. The van der Waals surface area contributed by atoms with E-state index in [0.29, 0.717) is 30.2 Å². The molecule has 3 heterocycles. The van der Waals surface area contributed by atoms with Gasteiger partial charge in [0.15, 0.2) is 11.5 Å². The summed E-state index contributed by atoms with van der Waals surface area (Å²) >= 11 is 3.60. The van der Waals surface area contributed by atoms with Crippen molar-refractivity contribution in [2.45, 2.75) is 13.0 Å². The summed E-state index contributed by atoms with van der Waals surface area (Å²) in [6, 6.07) is 11.6. The number of carbonyl (C=O) groups excluding carboxylic acids is 1. The highest BCUT2D eigenvalue weighted by Crippen LogP contribution is 2.37. The highest BCUT2D eigenvalue weighted by atomic mass is 79.9. The van der Waals surface area contributed by atoms with Crippen LogP contribution in [0.1, 0.15) is 21.6 Å². The van der Waals surface area contributed by atoms with Gasteiger partial charge >= 0.3 is 0 Å². The largest absolute Gasteiger partial charge is 0.454 e. The number of ether oxygens (including phenoxy) is 2. The lowest BCUT2D eigenvalue weighted by Crippen LogP contribution is -2.35. The Balaban J connectivity index is 1.52. The predicted molar refractivity (Wildman–Crippen MR) is 97.0 cm³/mol. The van der Waals surface area contributed by atoms with Crippen LogP contribution in [0.25, 0.3) is 10.9 Å². The van der Waals surface area contributed by atoms with Gasteiger partial charge in [0.05, 0.1) is 11.1 Å². The molecule has 0 radical (unpaired) electrons. The van der Waals surface area contributed by atoms with E-state index in [1.54, 1.807) is 6.07 Å². The lowest BCUT2D eigenvalue weighted by atomic mass is 10.0. The van der Waals surface area contributed by atoms with E-state index >= 15 is 0 Å². The molecule has 0 fully saturated rings. The molecule has 0 bridgehead atoms. The molecule has 0 saturated carbocycles. The van der Waals surface area contributed by atoms with E-state index < -0.39 is 0 Å². The topological polar surface area (TPSA) is 54.6 Å². The van der Waals surface area contributed by atoms with Gasteiger partial charge in [0, 0.05) is 40.6 Å². The number of para-hydroxylation sites is 2. The van der Waals surface area contributed by atoms with Gasteiger partial charge in [-0.15, -0.1) is 0 Å². The molecule has 1 N–H and O–H groups in total. The summed E-state index contributed by atoms with van der Waals surface area (Å²) < 4.78 is 11.9. The summed E-state index contributed by atoms with van der Waals surface area (Å²) in [5, 5.41) is 1.17. The fourth-order valence-electron chi connectivity index (χ4n) is 3.64. The van der Waals surface area contributed by atoms with Gasteiger partial charge in [-0.05, 0) is 34.1 Å². The Bertz CT molecular complexity index is 1010. The number of hydrogen-bond donors (Lipinski definition) is 1. The van der Waals surface area contributed by atoms with Crippen LogP contribution in [0.3, 0.4) is 0 Å². The van der Waals surface area contributed by atoms with Crippen molar-refractivity contribution in [3.63, 3.8) is 0 Å². The van der Waals surface area contributed by atoms with Crippen molar-refractivity contribution in [1.82, 2.24) is 9.88 Å². The number of fused-ring (bicyclic) bond motifs is 4. The van der Waals surface area contributed by atoms with Crippen molar-refractivity contribution in [1.29, 1.82) is 0 Å². The molecule has 3 aromatic rings. The second-order valence-corrected chi connectivity index (χ2v) is 7.11. The van der Waals surface area contributed by atoms with Crippen LogP contribution in [0.4, 0.5) is 0 Å². The van der Waals surface area contributed by atoms with Crippen LogP contribution in [-0.4, -0.2) is 29.1 Å². The van der Waals surface area contributed by atoms with Gasteiger partial charge in [-0.3, -0.25) is 4.79 Å². The van der Waals surface area contributed by atoms with Gasteiger partial charge in [-0.25, -0.2) is 0 Å². The minimum absolute atomic E-state index is 0.0163. The van der Waals surface area contributed by atoms with Crippen LogP contribution in [0.2, 0.25) is 0 Å². The second-order valence-electron chi connectivity index (χ2n) is 6.26. The van der Waals surface area contributed by atoms with E-state index in [0.717, 1.165) is 16.4 Å². The van der Waals surface area contributed by atoms with Crippen molar-refractivity contribution in [2.75, 3.05) is 13.3 Å². The summed E-state index contributed by atoms with van der Waals surface area (Å²) in [5.41, 5.74) is 4.07. The molecule has 25 heavy (non-hydrogen) atoms. The van der Waals surface area contributed by atoms with Crippen LogP contribution >= 0.6 is 15.9 Å². The van der Waals surface area contributed by atoms with Gasteiger partial charge in [0.1, 0.15) is 0 Å². The number of nitrogens with zero attached hydrogens (tertiary/aromatic N) is 1. The Morgan fingerprint density at radius 3 is 2.96 bits per heavy atom. The predicted octanol–water partition coefficient (Wildman–Crippen LogP) is 3.86. The summed E-state index contributed by atoms with van der Waals surface area (Å²) in [5.74, 6) is 1.18. The monoisotopic (exact) mass is 398 g/mol. The third kappa shape index (κ3) is 2.24. The Labute approximate surface area is 152 Å². The molecule has 1 amide bonds. The second kappa shape index (κ2) is 5.52. The molecular formula is C19H15BrN2O3. The molecule has 0 unspecified atom stereocenters. The zero-order valence-electron chi connectivity index (χ0n) is 13.3. The minimum Gasteiger partial charge on any atom is -0.454 e. The summed E-state index contributed by atoms with van der Waals surface area (Å²) in [6.45, 7) is 1.44. The highest BCUT2D eigenvalue weighted by Gasteiger charge is 2.29. The van der Waals surface area contributed by atoms with E-state index in [2.05, 4.69) is 27.0 Å². The molecule has 0 aliphatic carbocycles. The number of H-pyrrole nitrogens is 1. The summed E-state index contributed by atoms with van der Waals surface area (Å²) in [7, 11) is 0. The van der Waals surface area contributed by atoms with Crippen molar-refractivity contribution in [2.24, 2.45) is 0 Å². The minimum atomic E-state index is -0.0163. The molecule has 2 aromatic carbocycles. The molecule has 2 aliphatic rings. The van der Waals surface area contributed by atoms with Crippen LogP contribution in [-0.2, 0) is 13.0 Å². The van der Waals surface area contributed by atoms with Gasteiger partial charge in [-0.1, -0.05) is 18.2 Å². The first-order chi connectivity index (χ1) is 12.2. The zero-order chi connectivity index (χ0) is 17.0. The average molecular weight is 399 g/mol. The number of nitrogens with one attached hydrogen (secondary N) is 1.